The zero-order valence-corrected chi connectivity index (χ0v) is 13.6. The highest BCUT2D eigenvalue weighted by atomic mass is 79.9. The molecule has 0 bridgehead atoms. The fourth-order valence-corrected chi connectivity index (χ4v) is 2.64. The first kappa shape index (κ1) is 16.5. The Morgan fingerprint density at radius 3 is 2.37 bits per heavy atom. The monoisotopic (exact) mass is 346 g/mol. The second-order valence-electron chi connectivity index (χ2n) is 5.27. The molecule has 1 aliphatic rings. The lowest BCUT2D eigenvalue weighted by molar-refractivity contribution is -0.131. The summed E-state index contributed by atoms with van der Waals surface area (Å²) in [5.74, 6) is 0.0124. The third-order valence-corrected chi connectivity index (χ3v) is 4.14. The van der Waals surface area contributed by atoms with Gasteiger partial charge in [-0.3, -0.25) is 4.79 Å². The van der Waals surface area contributed by atoms with E-state index in [1.165, 1.54) is 5.56 Å². The van der Waals surface area contributed by atoms with Crippen molar-refractivity contribution in [2.24, 2.45) is 5.73 Å². The summed E-state index contributed by atoms with van der Waals surface area (Å²) in [6.45, 7) is 2.49. The summed E-state index contributed by atoms with van der Waals surface area (Å²) in [6.07, 6.45) is 2.29. The van der Waals surface area contributed by atoms with Crippen LogP contribution in [0, 0.1) is 0 Å². The van der Waals surface area contributed by atoms with Crippen molar-refractivity contribution < 1.29 is 4.79 Å². The summed E-state index contributed by atoms with van der Waals surface area (Å²) < 4.78 is 1.09. The molecule has 2 rings (SSSR count). The summed E-state index contributed by atoms with van der Waals surface area (Å²) in [5, 5.41) is 0. The van der Waals surface area contributed by atoms with Crippen molar-refractivity contribution in [1.82, 2.24) is 4.90 Å². The van der Waals surface area contributed by atoms with Crippen LogP contribution in [0.2, 0.25) is 0 Å². The number of likely N-dealkylation sites (N-methyl/N-ethyl adjacent to an activating group) is 1. The van der Waals surface area contributed by atoms with Gasteiger partial charge in [-0.25, -0.2) is 0 Å². The Kier molecular flexibility index (Phi) is 5.42. The lowest BCUT2D eigenvalue weighted by atomic mass is 9.95. The predicted molar refractivity (Wildman–Crippen MR) is 83.6 cm³/mol. The summed E-state index contributed by atoms with van der Waals surface area (Å²) in [7, 11) is 1.84. The summed E-state index contributed by atoms with van der Waals surface area (Å²) in [4.78, 5) is 13.6. The van der Waals surface area contributed by atoms with Gasteiger partial charge in [0.15, 0.2) is 0 Å². The lowest BCUT2D eigenvalue weighted by Crippen LogP contribution is -2.43. The van der Waals surface area contributed by atoms with Gasteiger partial charge in [0, 0.05) is 23.5 Å². The number of halogens is 2. The van der Waals surface area contributed by atoms with Crippen LogP contribution >= 0.6 is 28.3 Å². The largest absolute Gasteiger partial charge is 0.344 e. The van der Waals surface area contributed by atoms with Crippen LogP contribution in [-0.2, 0) is 10.2 Å². The molecule has 106 valence electrons. The fraction of sp³-hybridized carbons (Fsp3) is 0.500. The third-order valence-electron chi connectivity index (χ3n) is 3.62. The highest BCUT2D eigenvalue weighted by Crippen LogP contribution is 2.48. The van der Waals surface area contributed by atoms with E-state index in [-0.39, 0.29) is 23.7 Å². The van der Waals surface area contributed by atoms with Crippen molar-refractivity contribution in [3.05, 3.63) is 34.3 Å². The summed E-state index contributed by atoms with van der Waals surface area (Å²) in [6, 6.07) is 7.98. The smallest absolute Gasteiger partial charge is 0.238 e. The molecule has 0 spiro atoms. The number of nitrogens with zero attached hydrogens (tertiary/aromatic N) is 1. The van der Waals surface area contributed by atoms with Crippen LogP contribution in [0.1, 0.15) is 25.3 Å². The van der Waals surface area contributed by atoms with Gasteiger partial charge in [-0.1, -0.05) is 28.1 Å². The van der Waals surface area contributed by atoms with E-state index >= 15 is 0 Å². The van der Waals surface area contributed by atoms with E-state index in [4.69, 9.17) is 5.73 Å². The van der Waals surface area contributed by atoms with E-state index in [1.807, 2.05) is 7.05 Å². The van der Waals surface area contributed by atoms with Gasteiger partial charge in [-0.15, -0.1) is 12.4 Å². The first-order valence-electron chi connectivity index (χ1n) is 6.21. The molecule has 0 heterocycles. The number of amides is 1. The van der Waals surface area contributed by atoms with Crippen molar-refractivity contribution in [1.29, 1.82) is 0 Å². The maximum Gasteiger partial charge on any atom is 0.238 e. The van der Waals surface area contributed by atoms with Crippen LogP contribution in [0.5, 0.6) is 0 Å². The van der Waals surface area contributed by atoms with E-state index in [0.29, 0.717) is 0 Å². The minimum Gasteiger partial charge on any atom is -0.344 e. The highest BCUT2D eigenvalue weighted by molar-refractivity contribution is 9.10. The number of carbonyl (C=O) groups is 1. The SMILES string of the molecule is C[C@@H](N)C(=O)N(C)CC1(c2ccc(Br)cc2)CC1.Cl. The molecule has 1 aromatic rings. The molecule has 1 aromatic carbocycles. The van der Waals surface area contributed by atoms with Gasteiger partial charge in [0.25, 0.3) is 0 Å². The molecule has 1 aliphatic carbocycles. The Bertz CT molecular complexity index is 443. The Morgan fingerprint density at radius 1 is 1.42 bits per heavy atom. The van der Waals surface area contributed by atoms with E-state index in [0.717, 1.165) is 23.9 Å². The molecule has 1 atom stereocenters. The topological polar surface area (TPSA) is 46.3 Å². The summed E-state index contributed by atoms with van der Waals surface area (Å²) >= 11 is 3.44. The lowest BCUT2D eigenvalue weighted by Gasteiger charge is -2.25. The van der Waals surface area contributed by atoms with Crippen LogP contribution in [-0.4, -0.2) is 30.4 Å². The molecule has 0 saturated heterocycles. The quantitative estimate of drug-likeness (QED) is 0.910. The third kappa shape index (κ3) is 3.71. The Morgan fingerprint density at radius 2 is 1.95 bits per heavy atom. The number of rotatable bonds is 4. The highest BCUT2D eigenvalue weighted by Gasteiger charge is 2.45. The van der Waals surface area contributed by atoms with Crippen LogP contribution in [0.25, 0.3) is 0 Å². The van der Waals surface area contributed by atoms with E-state index in [9.17, 15) is 4.79 Å². The number of hydrogen-bond acceptors (Lipinski definition) is 2. The van der Waals surface area contributed by atoms with Crippen LogP contribution in [0.15, 0.2) is 28.7 Å². The van der Waals surface area contributed by atoms with E-state index in [2.05, 4.69) is 40.2 Å². The normalized spacial score (nSPS) is 17.3. The Labute approximate surface area is 129 Å². The molecule has 1 fully saturated rings. The zero-order valence-electron chi connectivity index (χ0n) is 11.2. The van der Waals surface area contributed by atoms with Gasteiger partial charge in [0.2, 0.25) is 5.91 Å². The number of hydrogen-bond donors (Lipinski definition) is 1. The minimum absolute atomic E-state index is 0. The van der Waals surface area contributed by atoms with Gasteiger partial charge in [0.05, 0.1) is 6.04 Å². The molecule has 3 nitrogen and oxygen atoms in total. The number of benzene rings is 1. The predicted octanol–water partition coefficient (Wildman–Crippen LogP) is 2.71. The molecule has 0 aromatic heterocycles. The van der Waals surface area contributed by atoms with Gasteiger partial charge in [-0.2, -0.15) is 0 Å². The Hall–Kier alpha value is -0.580. The standard InChI is InChI=1S/C14H19BrN2O.ClH/c1-10(16)13(18)17(2)9-14(7-8-14)11-3-5-12(15)6-4-11;/h3-6,10H,7-9,16H2,1-2H3;1H/t10-;/m1./s1. The maximum atomic E-state index is 11.8. The van der Waals surface area contributed by atoms with Crippen LogP contribution in [0.3, 0.4) is 0 Å². The van der Waals surface area contributed by atoms with Gasteiger partial charge in [-0.05, 0) is 37.5 Å². The van der Waals surface area contributed by atoms with Crippen molar-refractivity contribution in [3.8, 4) is 0 Å². The molecule has 1 amide bonds. The zero-order chi connectivity index (χ0) is 13.3. The van der Waals surface area contributed by atoms with E-state index < -0.39 is 6.04 Å². The second-order valence-corrected chi connectivity index (χ2v) is 6.19. The molecule has 5 heteroatoms. The molecule has 1 saturated carbocycles. The molecule has 2 N–H and O–H groups in total. The fourth-order valence-electron chi connectivity index (χ4n) is 2.37. The van der Waals surface area contributed by atoms with Crippen LogP contribution < -0.4 is 5.73 Å². The average molecular weight is 348 g/mol. The molecule has 0 aliphatic heterocycles. The number of carbonyl (C=O) groups excluding carboxylic acids is 1. The first-order valence-corrected chi connectivity index (χ1v) is 7.00. The second kappa shape index (κ2) is 6.25. The molecule has 19 heavy (non-hydrogen) atoms. The maximum absolute atomic E-state index is 11.8. The molecule has 0 radical (unpaired) electrons. The van der Waals surface area contributed by atoms with Crippen molar-refractivity contribution in [2.75, 3.05) is 13.6 Å². The first-order chi connectivity index (χ1) is 8.44. The Balaban J connectivity index is 0.00000180. The molecular weight excluding hydrogens is 328 g/mol. The number of nitrogens with two attached hydrogens (primary N) is 1. The van der Waals surface area contributed by atoms with Crippen molar-refractivity contribution in [3.63, 3.8) is 0 Å². The average Bonchev–Trinajstić information content (AvgIpc) is 3.09. The van der Waals surface area contributed by atoms with Crippen LogP contribution in [0.4, 0.5) is 0 Å². The minimum atomic E-state index is -0.421. The van der Waals surface area contributed by atoms with Gasteiger partial charge >= 0.3 is 0 Å². The van der Waals surface area contributed by atoms with E-state index in [1.54, 1.807) is 11.8 Å². The van der Waals surface area contributed by atoms with Gasteiger partial charge < -0.3 is 10.6 Å². The van der Waals surface area contributed by atoms with Crippen molar-refractivity contribution >= 4 is 34.2 Å². The van der Waals surface area contributed by atoms with Gasteiger partial charge in [0.1, 0.15) is 0 Å². The van der Waals surface area contributed by atoms with Crippen molar-refractivity contribution in [2.45, 2.75) is 31.2 Å². The molecule has 0 unspecified atom stereocenters. The molecular formula is C14H20BrClN2O. The summed E-state index contributed by atoms with van der Waals surface area (Å²) in [5.41, 5.74) is 7.10.